The van der Waals surface area contributed by atoms with Crippen LogP contribution in [0, 0.1) is 11.8 Å². The molecule has 1 aliphatic heterocycles. The fourth-order valence-corrected chi connectivity index (χ4v) is 1.93. The first-order chi connectivity index (χ1) is 8.95. The van der Waals surface area contributed by atoms with Crippen LogP contribution in [0.1, 0.15) is 19.8 Å². The summed E-state index contributed by atoms with van der Waals surface area (Å²) in [7, 11) is 1.33. The molecular weight excluding hydrogens is 252 g/mol. The number of carboxylic acids is 1. The molecular formula is C12H20N2O5. The Hall–Kier alpha value is -1.79. The predicted octanol–water partition coefficient (Wildman–Crippen LogP) is 0.302. The van der Waals surface area contributed by atoms with Crippen molar-refractivity contribution >= 4 is 18.0 Å². The van der Waals surface area contributed by atoms with E-state index in [1.807, 2.05) is 0 Å². The van der Waals surface area contributed by atoms with Crippen LogP contribution in [0.25, 0.3) is 0 Å². The van der Waals surface area contributed by atoms with Crippen molar-refractivity contribution in [1.29, 1.82) is 0 Å². The van der Waals surface area contributed by atoms with Gasteiger partial charge in [0.1, 0.15) is 0 Å². The van der Waals surface area contributed by atoms with Gasteiger partial charge in [-0.1, -0.05) is 6.92 Å². The van der Waals surface area contributed by atoms with Gasteiger partial charge in [-0.25, -0.2) is 4.79 Å². The van der Waals surface area contributed by atoms with Crippen molar-refractivity contribution in [2.75, 3.05) is 26.7 Å². The number of amides is 2. The number of esters is 1. The molecule has 0 aromatic heterocycles. The Morgan fingerprint density at radius 3 is 2.74 bits per heavy atom. The van der Waals surface area contributed by atoms with Crippen LogP contribution in [-0.2, 0) is 14.3 Å². The fraction of sp³-hybridized carbons (Fsp3) is 0.750. The minimum atomic E-state index is -0.874. The molecule has 0 aromatic rings. The molecule has 1 rings (SSSR count). The van der Waals surface area contributed by atoms with Crippen molar-refractivity contribution < 1.29 is 24.2 Å². The Labute approximate surface area is 111 Å². The molecule has 0 radical (unpaired) electrons. The van der Waals surface area contributed by atoms with Gasteiger partial charge in [0.05, 0.1) is 18.9 Å². The molecule has 1 aliphatic rings. The van der Waals surface area contributed by atoms with Gasteiger partial charge in [0.2, 0.25) is 0 Å². The van der Waals surface area contributed by atoms with Gasteiger partial charge < -0.3 is 20.1 Å². The number of methoxy groups -OCH3 is 1. The standard InChI is InChI=1S/C12H20N2O5/c1-8(10(15)16)3-5-13-12(18)14-6-4-9(7-14)11(17)19-2/h8-9H,3-7H2,1-2H3,(H,13,18)(H,15,16). The summed E-state index contributed by atoms with van der Waals surface area (Å²) in [6.45, 7) is 2.77. The van der Waals surface area contributed by atoms with Gasteiger partial charge in [-0.3, -0.25) is 9.59 Å². The van der Waals surface area contributed by atoms with Crippen LogP contribution in [0.15, 0.2) is 0 Å². The minimum Gasteiger partial charge on any atom is -0.481 e. The van der Waals surface area contributed by atoms with Gasteiger partial charge in [0.15, 0.2) is 0 Å². The number of hydrogen-bond donors (Lipinski definition) is 2. The molecule has 1 fully saturated rings. The summed E-state index contributed by atoms with van der Waals surface area (Å²) >= 11 is 0. The largest absolute Gasteiger partial charge is 0.481 e. The fourth-order valence-electron chi connectivity index (χ4n) is 1.93. The van der Waals surface area contributed by atoms with Crippen LogP contribution in [0.3, 0.4) is 0 Å². The van der Waals surface area contributed by atoms with E-state index in [0.717, 1.165) is 0 Å². The van der Waals surface area contributed by atoms with Crippen LogP contribution in [0.4, 0.5) is 4.79 Å². The normalized spacial score (nSPS) is 19.9. The number of carbonyl (C=O) groups excluding carboxylic acids is 2. The Morgan fingerprint density at radius 1 is 1.47 bits per heavy atom. The summed E-state index contributed by atoms with van der Waals surface area (Å²) < 4.78 is 4.64. The van der Waals surface area contributed by atoms with E-state index in [-0.39, 0.29) is 17.9 Å². The second-order valence-electron chi connectivity index (χ2n) is 4.71. The highest BCUT2D eigenvalue weighted by Crippen LogP contribution is 2.17. The monoisotopic (exact) mass is 272 g/mol. The molecule has 7 nitrogen and oxygen atoms in total. The average molecular weight is 272 g/mol. The van der Waals surface area contributed by atoms with Gasteiger partial charge >= 0.3 is 18.0 Å². The van der Waals surface area contributed by atoms with Crippen molar-refractivity contribution in [3.63, 3.8) is 0 Å². The number of carboxylic acid groups (broad SMARTS) is 1. The molecule has 0 saturated carbocycles. The van der Waals surface area contributed by atoms with E-state index < -0.39 is 11.9 Å². The third-order valence-corrected chi connectivity index (χ3v) is 3.29. The molecule has 2 amide bonds. The molecule has 19 heavy (non-hydrogen) atoms. The zero-order valence-electron chi connectivity index (χ0n) is 11.2. The average Bonchev–Trinajstić information content (AvgIpc) is 2.86. The molecule has 2 N–H and O–H groups in total. The molecule has 1 heterocycles. The van der Waals surface area contributed by atoms with Gasteiger partial charge in [0.25, 0.3) is 0 Å². The van der Waals surface area contributed by atoms with E-state index >= 15 is 0 Å². The molecule has 0 aliphatic carbocycles. The Morgan fingerprint density at radius 2 is 2.16 bits per heavy atom. The second-order valence-corrected chi connectivity index (χ2v) is 4.71. The summed E-state index contributed by atoms with van der Waals surface area (Å²) in [5.74, 6) is -1.91. The van der Waals surface area contributed by atoms with Gasteiger partial charge in [-0.05, 0) is 12.8 Å². The molecule has 1 saturated heterocycles. The number of hydrogen-bond acceptors (Lipinski definition) is 4. The van der Waals surface area contributed by atoms with E-state index in [1.165, 1.54) is 7.11 Å². The van der Waals surface area contributed by atoms with Crippen LogP contribution >= 0.6 is 0 Å². The number of nitrogens with zero attached hydrogens (tertiary/aromatic N) is 1. The van der Waals surface area contributed by atoms with Crippen molar-refractivity contribution in [1.82, 2.24) is 10.2 Å². The van der Waals surface area contributed by atoms with E-state index in [0.29, 0.717) is 32.5 Å². The Bertz CT molecular complexity index is 358. The number of aliphatic carboxylic acids is 1. The zero-order chi connectivity index (χ0) is 14.4. The maximum Gasteiger partial charge on any atom is 0.317 e. The first-order valence-corrected chi connectivity index (χ1v) is 6.29. The molecule has 2 atom stereocenters. The van der Waals surface area contributed by atoms with Crippen LogP contribution < -0.4 is 5.32 Å². The molecule has 7 heteroatoms. The molecule has 2 unspecified atom stereocenters. The number of nitrogens with one attached hydrogen (secondary N) is 1. The summed E-state index contributed by atoms with van der Waals surface area (Å²) in [6, 6.07) is -0.260. The summed E-state index contributed by atoms with van der Waals surface area (Å²) in [4.78, 5) is 35.2. The maximum atomic E-state index is 11.8. The van der Waals surface area contributed by atoms with Gasteiger partial charge in [-0.2, -0.15) is 0 Å². The smallest absolute Gasteiger partial charge is 0.317 e. The third-order valence-electron chi connectivity index (χ3n) is 3.29. The van der Waals surface area contributed by atoms with E-state index in [4.69, 9.17) is 5.11 Å². The quantitative estimate of drug-likeness (QED) is 0.702. The van der Waals surface area contributed by atoms with Crippen molar-refractivity contribution in [2.45, 2.75) is 19.8 Å². The van der Waals surface area contributed by atoms with E-state index in [9.17, 15) is 14.4 Å². The van der Waals surface area contributed by atoms with Crippen LogP contribution in [0.2, 0.25) is 0 Å². The highest BCUT2D eigenvalue weighted by Gasteiger charge is 2.31. The topological polar surface area (TPSA) is 95.9 Å². The first-order valence-electron chi connectivity index (χ1n) is 6.29. The van der Waals surface area contributed by atoms with Gasteiger partial charge in [0, 0.05) is 19.6 Å². The Kier molecular flexibility index (Phi) is 5.59. The van der Waals surface area contributed by atoms with Gasteiger partial charge in [-0.15, -0.1) is 0 Å². The second kappa shape index (κ2) is 6.96. The SMILES string of the molecule is COC(=O)C1CCN(C(=O)NCCC(C)C(=O)O)C1. The molecule has 0 aromatic carbocycles. The summed E-state index contributed by atoms with van der Waals surface area (Å²) in [5, 5.41) is 11.4. The maximum absolute atomic E-state index is 11.8. The highest BCUT2D eigenvalue weighted by molar-refractivity contribution is 5.78. The predicted molar refractivity (Wildman–Crippen MR) is 66.5 cm³/mol. The molecule has 108 valence electrons. The third kappa shape index (κ3) is 4.42. The first kappa shape index (κ1) is 15.3. The zero-order valence-corrected chi connectivity index (χ0v) is 11.2. The number of ether oxygens (including phenoxy) is 1. The lowest BCUT2D eigenvalue weighted by Crippen LogP contribution is -2.40. The van der Waals surface area contributed by atoms with E-state index in [1.54, 1.807) is 11.8 Å². The number of carbonyl (C=O) groups is 3. The number of rotatable bonds is 5. The highest BCUT2D eigenvalue weighted by atomic mass is 16.5. The number of likely N-dealkylation sites (tertiary alicyclic amines) is 1. The summed E-state index contributed by atoms with van der Waals surface area (Å²) in [5.41, 5.74) is 0. The lowest BCUT2D eigenvalue weighted by atomic mass is 10.1. The molecule has 0 spiro atoms. The Balaban J connectivity index is 2.28. The lowest BCUT2D eigenvalue weighted by molar-refractivity contribution is -0.145. The van der Waals surface area contributed by atoms with Crippen molar-refractivity contribution in [2.24, 2.45) is 11.8 Å². The van der Waals surface area contributed by atoms with Crippen LogP contribution in [-0.4, -0.2) is 54.7 Å². The number of urea groups is 1. The van der Waals surface area contributed by atoms with Crippen molar-refractivity contribution in [3.05, 3.63) is 0 Å². The minimum absolute atomic E-state index is 0.256. The summed E-state index contributed by atoms with van der Waals surface area (Å²) in [6.07, 6.45) is 0.987. The lowest BCUT2D eigenvalue weighted by Gasteiger charge is -2.17. The van der Waals surface area contributed by atoms with E-state index in [2.05, 4.69) is 10.1 Å². The molecule has 0 bridgehead atoms. The van der Waals surface area contributed by atoms with Crippen LogP contribution in [0.5, 0.6) is 0 Å². The van der Waals surface area contributed by atoms with Crippen molar-refractivity contribution in [3.8, 4) is 0 Å².